The van der Waals surface area contributed by atoms with Gasteiger partial charge in [-0.05, 0) is 61.4 Å². The van der Waals surface area contributed by atoms with E-state index in [1.807, 2.05) is 0 Å². The van der Waals surface area contributed by atoms with E-state index >= 15 is 0 Å². The molecular weight excluding hydrogens is 652 g/mol. The largest absolute Gasteiger partial charge is 0.422 e. The maximum absolute atomic E-state index is 13.6. The molecule has 0 aliphatic carbocycles. The average molecular weight is 679 g/mol. The molecule has 0 atom stereocenters. The lowest BCUT2D eigenvalue weighted by molar-refractivity contribution is -0.129. The lowest BCUT2D eigenvalue weighted by Gasteiger charge is -2.18. The smallest absolute Gasteiger partial charge is 0.349 e. The van der Waals surface area contributed by atoms with Crippen LogP contribution in [-0.4, -0.2) is 37.8 Å². The van der Waals surface area contributed by atoms with Gasteiger partial charge in [0.1, 0.15) is 35.4 Å². The lowest BCUT2D eigenvalue weighted by atomic mass is 10.1. The first-order valence-electron chi connectivity index (χ1n) is 14.9. The molecule has 16 heteroatoms. The number of hydrogen-bond donors (Lipinski definition) is 3. The highest BCUT2D eigenvalue weighted by atomic mass is 16.4. The van der Waals surface area contributed by atoms with Gasteiger partial charge in [0, 0.05) is 10.8 Å². The molecule has 3 heterocycles. The van der Waals surface area contributed by atoms with Crippen LogP contribution in [-0.2, 0) is 22.7 Å². The SMILES string of the molecule is Cc1cccc2oc(=O)c(C(=O)NNC(=O)Cn3c(=O)c4ccccc4n(CC(=O)N(N)C(=O)c4cc5c(C)cccc5oc4=O)c3=O)cc12. The third-order valence-electron chi connectivity index (χ3n) is 8.00. The number of para-hydroxylation sites is 1. The first kappa shape index (κ1) is 33.0. The monoisotopic (exact) mass is 678 g/mol. The van der Waals surface area contributed by atoms with Crippen LogP contribution >= 0.6 is 0 Å². The Balaban J connectivity index is 1.24. The van der Waals surface area contributed by atoms with Crippen LogP contribution in [0, 0.1) is 13.8 Å². The minimum atomic E-state index is -1.20. The third-order valence-corrected chi connectivity index (χ3v) is 8.00. The molecule has 0 saturated carbocycles. The van der Waals surface area contributed by atoms with Crippen molar-refractivity contribution >= 4 is 56.5 Å². The Morgan fingerprint density at radius 1 is 0.700 bits per heavy atom. The fourth-order valence-electron chi connectivity index (χ4n) is 5.37. The van der Waals surface area contributed by atoms with Crippen LogP contribution in [0.3, 0.4) is 0 Å². The maximum Gasteiger partial charge on any atom is 0.349 e. The zero-order chi connectivity index (χ0) is 35.9. The van der Waals surface area contributed by atoms with Gasteiger partial charge < -0.3 is 8.83 Å². The number of carbonyl (C=O) groups is 4. The van der Waals surface area contributed by atoms with Gasteiger partial charge >= 0.3 is 16.9 Å². The van der Waals surface area contributed by atoms with Crippen molar-refractivity contribution in [1.82, 2.24) is 25.0 Å². The molecule has 0 radical (unpaired) electrons. The fraction of sp³-hybridized carbons (Fsp3) is 0.118. The van der Waals surface area contributed by atoms with Gasteiger partial charge in [-0.25, -0.2) is 25.2 Å². The second-order valence-electron chi connectivity index (χ2n) is 11.2. The van der Waals surface area contributed by atoms with Gasteiger partial charge in [0.15, 0.2) is 0 Å². The van der Waals surface area contributed by atoms with Crippen molar-refractivity contribution in [3.05, 3.63) is 137 Å². The normalized spacial score (nSPS) is 11.1. The third kappa shape index (κ3) is 5.97. The van der Waals surface area contributed by atoms with E-state index in [4.69, 9.17) is 14.7 Å². The number of nitrogens with two attached hydrogens (primary N) is 1. The molecule has 0 fully saturated rings. The summed E-state index contributed by atoms with van der Waals surface area (Å²) in [6.45, 7) is 1.67. The Morgan fingerprint density at radius 3 is 1.92 bits per heavy atom. The number of fused-ring (bicyclic) bond motifs is 3. The van der Waals surface area contributed by atoms with E-state index in [1.54, 1.807) is 44.2 Å². The lowest BCUT2D eigenvalue weighted by Crippen LogP contribution is -2.50. The summed E-state index contributed by atoms with van der Waals surface area (Å²) in [6, 6.07) is 18.2. The molecule has 0 aliphatic heterocycles. The highest BCUT2D eigenvalue weighted by Gasteiger charge is 2.26. The van der Waals surface area contributed by atoms with Crippen molar-refractivity contribution < 1.29 is 28.0 Å². The summed E-state index contributed by atoms with van der Waals surface area (Å²) < 4.78 is 11.8. The van der Waals surface area contributed by atoms with Crippen LogP contribution in [0.25, 0.3) is 32.8 Å². The predicted octanol–water partition coefficient (Wildman–Crippen LogP) is 0.997. The van der Waals surface area contributed by atoms with Crippen LogP contribution in [0.4, 0.5) is 0 Å². The molecule has 3 aromatic heterocycles. The van der Waals surface area contributed by atoms with E-state index in [0.29, 0.717) is 20.9 Å². The zero-order valence-corrected chi connectivity index (χ0v) is 26.3. The molecule has 6 aromatic rings. The van der Waals surface area contributed by atoms with E-state index in [9.17, 15) is 38.4 Å². The molecule has 50 heavy (non-hydrogen) atoms. The van der Waals surface area contributed by atoms with Crippen molar-refractivity contribution in [2.24, 2.45) is 5.84 Å². The summed E-state index contributed by atoms with van der Waals surface area (Å²) >= 11 is 0. The Kier molecular flexibility index (Phi) is 8.53. The maximum atomic E-state index is 13.6. The Hall–Kier alpha value is -6.94. The number of amides is 4. The fourth-order valence-corrected chi connectivity index (χ4v) is 5.37. The van der Waals surface area contributed by atoms with Gasteiger partial charge in [0.25, 0.3) is 29.2 Å². The number of aryl methyl sites for hydroxylation is 2. The predicted molar refractivity (Wildman–Crippen MR) is 178 cm³/mol. The number of carbonyl (C=O) groups excluding carboxylic acids is 4. The summed E-state index contributed by atoms with van der Waals surface area (Å²) in [5.41, 5.74) is 1.03. The number of hydrogen-bond acceptors (Lipinski definition) is 11. The van der Waals surface area contributed by atoms with Crippen LogP contribution in [0.15, 0.2) is 101 Å². The zero-order valence-electron chi connectivity index (χ0n) is 26.3. The van der Waals surface area contributed by atoms with Gasteiger partial charge in [-0.1, -0.05) is 36.4 Å². The molecule has 0 bridgehead atoms. The van der Waals surface area contributed by atoms with E-state index in [0.717, 1.165) is 10.1 Å². The van der Waals surface area contributed by atoms with Crippen LogP contribution in [0.1, 0.15) is 31.8 Å². The summed E-state index contributed by atoms with van der Waals surface area (Å²) in [5, 5.41) is 1.02. The van der Waals surface area contributed by atoms with Gasteiger partial charge in [0.2, 0.25) is 0 Å². The molecule has 3 aromatic carbocycles. The van der Waals surface area contributed by atoms with Crippen LogP contribution in [0.5, 0.6) is 0 Å². The van der Waals surface area contributed by atoms with Crippen molar-refractivity contribution in [2.45, 2.75) is 26.9 Å². The quantitative estimate of drug-likeness (QED) is 0.0974. The second kappa shape index (κ2) is 12.9. The molecule has 0 unspecified atom stereocenters. The number of nitrogens with one attached hydrogen (secondary N) is 2. The number of rotatable bonds is 6. The van der Waals surface area contributed by atoms with E-state index in [1.165, 1.54) is 42.5 Å². The summed E-state index contributed by atoms with van der Waals surface area (Å²) in [7, 11) is 0. The highest BCUT2D eigenvalue weighted by molar-refractivity contribution is 6.05. The molecule has 4 N–H and O–H groups in total. The highest BCUT2D eigenvalue weighted by Crippen LogP contribution is 2.19. The Morgan fingerprint density at radius 2 is 1.28 bits per heavy atom. The van der Waals surface area contributed by atoms with E-state index < -0.39 is 70.3 Å². The average Bonchev–Trinajstić information content (AvgIpc) is 3.10. The molecule has 4 amide bonds. The standard InChI is InChI=1S/C34H26N6O10/c1-17-7-5-11-25-20(17)13-22(32(46)49-25)29(43)37-36-27(41)15-39-30(44)19-9-3-4-10-24(19)38(34(39)48)16-28(42)40(35)31(45)23-14-21-18(2)8-6-12-26(21)50-33(23)47/h3-14H,15-16,35H2,1-2H3,(H,36,41)(H,37,43). The number of aromatic nitrogens is 2. The van der Waals surface area contributed by atoms with Gasteiger partial charge in [0.05, 0.1) is 10.9 Å². The van der Waals surface area contributed by atoms with Gasteiger partial charge in [-0.3, -0.25) is 44.0 Å². The molecule has 6 rings (SSSR count). The molecule has 16 nitrogen and oxygen atoms in total. The number of imide groups is 1. The molecular formula is C34H26N6O10. The Bertz CT molecular complexity index is 2670. The van der Waals surface area contributed by atoms with Crippen molar-refractivity contribution in [1.29, 1.82) is 0 Å². The number of benzene rings is 3. The summed E-state index contributed by atoms with van der Waals surface area (Å²) in [4.78, 5) is 104. The summed E-state index contributed by atoms with van der Waals surface area (Å²) in [5.74, 6) is 1.43. The molecule has 0 saturated heterocycles. The topological polar surface area (TPSA) is 226 Å². The van der Waals surface area contributed by atoms with Gasteiger partial charge in [-0.2, -0.15) is 0 Å². The van der Waals surface area contributed by atoms with E-state index in [-0.39, 0.29) is 27.1 Å². The van der Waals surface area contributed by atoms with Crippen molar-refractivity contribution in [2.75, 3.05) is 0 Å². The van der Waals surface area contributed by atoms with Gasteiger partial charge in [-0.15, -0.1) is 0 Å². The summed E-state index contributed by atoms with van der Waals surface area (Å²) in [6.07, 6.45) is 0. The van der Waals surface area contributed by atoms with Crippen molar-refractivity contribution in [3.8, 4) is 0 Å². The number of nitrogens with zero attached hydrogens (tertiary/aromatic N) is 3. The first-order chi connectivity index (χ1) is 23.8. The first-order valence-corrected chi connectivity index (χ1v) is 14.9. The van der Waals surface area contributed by atoms with Crippen LogP contribution in [0.2, 0.25) is 0 Å². The molecule has 252 valence electrons. The number of hydrazine groups is 2. The minimum absolute atomic E-state index is 0.0131. The Labute approximate surface area is 278 Å². The minimum Gasteiger partial charge on any atom is -0.422 e. The molecule has 0 spiro atoms. The van der Waals surface area contributed by atoms with E-state index in [2.05, 4.69) is 10.9 Å². The second-order valence-corrected chi connectivity index (χ2v) is 11.2. The van der Waals surface area contributed by atoms with Crippen LogP contribution < -0.4 is 39.2 Å². The van der Waals surface area contributed by atoms with Crippen molar-refractivity contribution in [3.63, 3.8) is 0 Å². The molecule has 0 aliphatic rings.